The van der Waals surface area contributed by atoms with Crippen LogP contribution in [0, 0.1) is 6.92 Å². The molecule has 0 radical (unpaired) electrons. The average molecular weight is 499 g/mol. The van der Waals surface area contributed by atoms with Gasteiger partial charge in [0.05, 0.1) is 10.4 Å². The molecule has 0 amide bonds. The summed E-state index contributed by atoms with van der Waals surface area (Å²) in [7, 11) is -3.56. The molecule has 8 nitrogen and oxygen atoms in total. The summed E-state index contributed by atoms with van der Waals surface area (Å²) < 4.78 is 30.1. The van der Waals surface area contributed by atoms with Crippen LogP contribution in [0.2, 0.25) is 0 Å². The zero-order valence-corrected chi connectivity index (χ0v) is 20.8. The second kappa shape index (κ2) is 9.00. The highest BCUT2D eigenvalue weighted by atomic mass is 32.2. The van der Waals surface area contributed by atoms with Crippen LogP contribution in [0.25, 0.3) is 27.9 Å². The number of anilines is 1. The summed E-state index contributed by atoms with van der Waals surface area (Å²) >= 11 is 0. The Morgan fingerprint density at radius 2 is 1.61 bits per heavy atom. The van der Waals surface area contributed by atoms with Crippen molar-refractivity contribution < 1.29 is 8.42 Å². The molecule has 0 atom stereocenters. The normalized spacial score (nSPS) is 15.4. The summed E-state index contributed by atoms with van der Waals surface area (Å²) in [6.07, 6.45) is 0.684. The molecule has 0 spiro atoms. The average Bonchev–Trinajstić information content (AvgIpc) is 3.19. The highest BCUT2D eigenvalue weighted by molar-refractivity contribution is 7.89. The van der Waals surface area contributed by atoms with Crippen LogP contribution in [-0.2, 0) is 10.0 Å². The van der Waals surface area contributed by atoms with Crippen LogP contribution < -0.4 is 4.90 Å². The van der Waals surface area contributed by atoms with Crippen molar-refractivity contribution in [1.82, 2.24) is 23.9 Å². The van der Waals surface area contributed by atoms with Crippen molar-refractivity contribution in [2.45, 2.75) is 18.2 Å². The van der Waals surface area contributed by atoms with Gasteiger partial charge in [-0.15, -0.1) is 10.2 Å². The Kier molecular flexibility index (Phi) is 5.66. The maximum Gasteiger partial charge on any atom is 0.243 e. The maximum absolute atomic E-state index is 13.3. The molecule has 0 bridgehead atoms. The third-order valence-corrected chi connectivity index (χ3v) is 8.54. The molecule has 36 heavy (non-hydrogen) atoms. The first-order valence-electron chi connectivity index (χ1n) is 12.0. The van der Waals surface area contributed by atoms with E-state index in [1.54, 1.807) is 28.6 Å². The van der Waals surface area contributed by atoms with Crippen molar-refractivity contribution >= 4 is 32.5 Å². The third-order valence-electron chi connectivity index (χ3n) is 6.62. The number of hydrogen-bond donors (Lipinski definition) is 0. The fraction of sp³-hybridized carbons (Fsp3) is 0.222. The van der Waals surface area contributed by atoms with E-state index in [1.807, 2.05) is 46.9 Å². The Bertz CT molecular complexity index is 1670. The van der Waals surface area contributed by atoms with Gasteiger partial charge in [0.2, 0.25) is 16.0 Å². The number of nitrogens with zero attached hydrogens (tertiary/aromatic N) is 6. The molecule has 2 aromatic heterocycles. The number of rotatable bonds is 4. The predicted octanol–water partition coefficient (Wildman–Crippen LogP) is 4.15. The molecule has 0 aliphatic carbocycles. The molecule has 3 aromatic carbocycles. The summed E-state index contributed by atoms with van der Waals surface area (Å²) in [6.45, 7) is 4.06. The molecule has 9 heteroatoms. The van der Waals surface area contributed by atoms with Crippen molar-refractivity contribution in [2.24, 2.45) is 0 Å². The molecule has 0 unspecified atom stereocenters. The Morgan fingerprint density at radius 1 is 0.806 bits per heavy atom. The number of para-hydroxylation sites is 1. The monoisotopic (exact) mass is 498 g/mol. The van der Waals surface area contributed by atoms with E-state index in [0.29, 0.717) is 37.5 Å². The molecule has 6 rings (SSSR count). The van der Waals surface area contributed by atoms with Crippen LogP contribution in [0.1, 0.15) is 12.0 Å². The van der Waals surface area contributed by atoms with E-state index >= 15 is 0 Å². The first kappa shape index (κ1) is 22.6. The van der Waals surface area contributed by atoms with Crippen LogP contribution in [0.4, 0.5) is 5.95 Å². The van der Waals surface area contributed by atoms with Crippen molar-refractivity contribution in [3.8, 4) is 11.4 Å². The van der Waals surface area contributed by atoms with Gasteiger partial charge in [0, 0.05) is 37.1 Å². The van der Waals surface area contributed by atoms with E-state index < -0.39 is 10.0 Å². The van der Waals surface area contributed by atoms with Gasteiger partial charge in [-0.2, -0.15) is 4.31 Å². The van der Waals surface area contributed by atoms with Gasteiger partial charge in [0.15, 0.2) is 11.5 Å². The molecule has 1 fully saturated rings. The number of fused-ring (bicyclic) bond motifs is 3. The minimum absolute atomic E-state index is 0.324. The van der Waals surface area contributed by atoms with E-state index in [1.165, 1.54) is 0 Å². The molecule has 182 valence electrons. The molecule has 5 aromatic rings. The minimum Gasteiger partial charge on any atom is -0.340 e. The van der Waals surface area contributed by atoms with E-state index in [0.717, 1.165) is 39.4 Å². The predicted molar refractivity (Wildman–Crippen MR) is 140 cm³/mol. The van der Waals surface area contributed by atoms with Crippen molar-refractivity contribution in [3.05, 3.63) is 84.4 Å². The van der Waals surface area contributed by atoms with Gasteiger partial charge in [-0.25, -0.2) is 17.8 Å². The lowest BCUT2D eigenvalue weighted by atomic mass is 10.1. The Balaban J connectivity index is 1.44. The summed E-state index contributed by atoms with van der Waals surface area (Å²) in [5.74, 6) is 1.45. The van der Waals surface area contributed by atoms with Crippen LogP contribution in [0.5, 0.6) is 0 Å². The summed E-state index contributed by atoms with van der Waals surface area (Å²) in [5.41, 5.74) is 3.67. The SMILES string of the molecule is Cc1cccc(-c2nnc3c4ccccc4nc(N4CCCN(S(=O)(=O)c5ccccc5)CC4)n23)c1. The van der Waals surface area contributed by atoms with Gasteiger partial charge in [0.25, 0.3) is 0 Å². The quantitative estimate of drug-likeness (QED) is 0.370. The second-order valence-corrected chi connectivity index (χ2v) is 11.0. The van der Waals surface area contributed by atoms with Crippen molar-refractivity contribution in [2.75, 3.05) is 31.1 Å². The van der Waals surface area contributed by atoms with Gasteiger partial charge in [-0.3, -0.25) is 0 Å². The zero-order chi connectivity index (χ0) is 24.7. The molecular weight excluding hydrogens is 472 g/mol. The summed E-state index contributed by atoms with van der Waals surface area (Å²) in [4.78, 5) is 7.52. The minimum atomic E-state index is -3.56. The van der Waals surface area contributed by atoms with Gasteiger partial charge in [0.1, 0.15) is 0 Å². The van der Waals surface area contributed by atoms with E-state index in [4.69, 9.17) is 4.98 Å². The van der Waals surface area contributed by atoms with Crippen molar-refractivity contribution in [3.63, 3.8) is 0 Å². The molecule has 3 heterocycles. The Morgan fingerprint density at radius 3 is 2.44 bits per heavy atom. The van der Waals surface area contributed by atoms with Crippen LogP contribution >= 0.6 is 0 Å². The third kappa shape index (κ3) is 3.90. The zero-order valence-electron chi connectivity index (χ0n) is 19.9. The standard InChI is InChI=1S/C27H26N6O2S/c1-20-9-7-10-21(19-20)25-29-30-26-23-13-5-6-14-24(23)28-27(33(25)26)31-15-8-16-32(18-17-31)36(34,35)22-11-3-2-4-12-22/h2-7,9-14,19H,8,15-18H2,1H3. The van der Waals surface area contributed by atoms with Gasteiger partial charge in [-0.1, -0.05) is 54.1 Å². The number of sulfonamides is 1. The molecule has 0 N–H and O–H groups in total. The van der Waals surface area contributed by atoms with Crippen LogP contribution in [0.15, 0.2) is 83.8 Å². The highest BCUT2D eigenvalue weighted by Crippen LogP contribution is 2.29. The lowest BCUT2D eigenvalue weighted by Crippen LogP contribution is -2.36. The molecule has 0 saturated carbocycles. The van der Waals surface area contributed by atoms with Gasteiger partial charge in [-0.05, 0) is 43.7 Å². The van der Waals surface area contributed by atoms with E-state index in [9.17, 15) is 8.42 Å². The molecule has 1 aliphatic rings. The van der Waals surface area contributed by atoms with Crippen LogP contribution in [0.3, 0.4) is 0 Å². The number of aromatic nitrogens is 4. The van der Waals surface area contributed by atoms with Crippen molar-refractivity contribution in [1.29, 1.82) is 0 Å². The molecule has 1 saturated heterocycles. The van der Waals surface area contributed by atoms with E-state index in [2.05, 4.69) is 34.2 Å². The second-order valence-electron chi connectivity index (χ2n) is 9.04. The fourth-order valence-corrected chi connectivity index (χ4v) is 6.32. The molecule has 1 aliphatic heterocycles. The lowest BCUT2D eigenvalue weighted by molar-refractivity contribution is 0.433. The first-order chi connectivity index (χ1) is 17.5. The van der Waals surface area contributed by atoms with Gasteiger partial charge < -0.3 is 4.90 Å². The van der Waals surface area contributed by atoms with Crippen LogP contribution in [-0.4, -0.2) is 58.5 Å². The number of benzene rings is 3. The molecular formula is C27H26N6O2S. The smallest absolute Gasteiger partial charge is 0.243 e. The Labute approximate surface area is 209 Å². The summed E-state index contributed by atoms with van der Waals surface area (Å²) in [5, 5.41) is 10.1. The topological polar surface area (TPSA) is 83.7 Å². The number of hydrogen-bond acceptors (Lipinski definition) is 6. The lowest BCUT2D eigenvalue weighted by Gasteiger charge is -2.24. The number of aryl methyl sites for hydroxylation is 1. The maximum atomic E-state index is 13.3. The Hall–Kier alpha value is -3.82. The highest BCUT2D eigenvalue weighted by Gasteiger charge is 2.28. The fourth-order valence-electron chi connectivity index (χ4n) is 4.82. The van der Waals surface area contributed by atoms with Gasteiger partial charge >= 0.3 is 0 Å². The first-order valence-corrected chi connectivity index (χ1v) is 13.5. The van der Waals surface area contributed by atoms with E-state index in [-0.39, 0.29) is 0 Å². The largest absolute Gasteiger partial charge is 0.340 e. The summed E-state index contributed by atoms with van der Waals surface area (Å²) in [6, 6.07) is 24.7.